The second-order valence-corrected chi connectivity index (χ2v) is 6.22. The molecule has 0 unspecified atom stereocenters. The molecule has 0 amide bonds. The largest absolute Gasteiger partial charge is 0.466 e. The van der Waals surface area contributed by atoms with Crippen molar-refractivity contribution in [1.82, 2.24) is 9.97 Å². The summed E-state index contributed by atoms with van der Waals surface area (Å²) in [4.78, 5) is 23.4. The average molecular weight is 366 g/mol. The van der Waals surface area contributed by atoms with Crippen LogP contribution >= 0.6 is 0 Å². The van der Waals surface area contributed by atoms with Crippen molar-refractivity contribution in [2.45, 2.75) is 59.8 Å². The molecule has 0 aromatic carbocycles. The molecule has 6 nitrogen and oxygen atoms in total. The normalized spacial score (nSPS) is 14.6. The van der Waals surface area contributed by atoms with E-state index >= 15 is 0 Å². The first-order valence-electron chi connectivity index (χ1n) is 9.88. The first-order chi connectivity index (χ1) is 12.7. The number of unbranched alkanes of at least 4 members (excludes halogenated alkanes) is 1. The Hall–Kier alpha value is -1.69. The Morgan fingerprint density at radius 1 is 1.27 bits per heavy atom. The Kier molecular flexibility index (Phi) is 10.9. The van der Waals surface area contributed by atoms with Gasteiger partial charge in [0.05, 0.1) is 30.1 Å². The molecule has 2 rings (SSSR count). The van der Waals surface area contributed by atoms with E-state index < -0.39 is 0 Å². The summed E-state index contributed by atoms with van der Waals surface area (Å²) in [6, 6.07) is 0. The quantitative estimate of drug-likeness (QED) is 0.518. The zero-order valence-corrected chi connectivity index (χ0v) is 17.1. The van der Waals surface area contributed by atoms with Crippen molar-refractivity contribution < 1.29 is 14.3 Å². The number of piperidine rings is 1. The molecule has 0 saturated carbocycles. The second-order valence-electron chi connectivity index (χ2n) is 6.22. The highest BCUT2D eigenvalue weighted by Gasteiger charge is 2.26. The van der Waals surface area contributed by atoms with Crippen molar-refractivity contribution in [3.05, 3.63) is 17.6 Å². The van der Waals surface area contributed by atoms with Crippen LogP contribution in [0.4, 0.5) is 5.82 Å². The predicted molar refractivity (Wildman–Crippen MR) is 105 cm³/mol. The van der Waals surface area contributed by atoms with Gasteiger partial charge >= 0.3 is 5.97 Å². The number of rotatable bonds is 8. The average Bonchev–Trinajstić information content (AvgIpc) is 2.68. The van der Waals surface area contributed by atoms with E-state index in [1.165, 1.54) is 0 Å². The molecule has 0 aliphatic carbocycles. The molecule has 1 aliphatic heterocycles. The molecule has 0 N–H and O–H groups in total. The van der Waals surface area contributed by atoms with Gasteiger partial charge in [-0.05, 0) is 46.0 Å². The van der Waals surface area contributed by atoms with Crippen LogP contribution < -0.4 is 4.90 Å². The maximum Gasteiger partial charge on any atom is 0.309 e. The maximum atomic E-state index is 11.8. The minimum absolute atomic E-state index is 0.0214. The van der Waals surface area contributed by atoms with Gasteiger partial charge in [-0.15, -0.1) is 0 Å². The fourth-order valence-corrected chi connectivity index (χ4v) is 3.01. The molecular formula is C20H35N3O3. The van der Waals surface area contributed by atoms with Gasteiger partial charge in [-0.2, -0.15) is 0 Å². The van der Waals surface area contributed by atoms with Crippen molar-refractivity contribution in [2.75, 3.05) is 38.3 Å². The summed E-state index contributed by atoms with van der Waals surface area (Å²) in [5.41, 5.74) is 2.06. The molecule has 1 aromatic rings. The third kappa shape index (κ3) is 6.90. The standard InChI is InChI=1S/C18H29N3O3.C2H6/c1-4-24-18(22)15-8-10-21(11-9-15)17-13-19-14(2)16(20-17)7-5-6-12-23-3;1-2/h13,15H,4-12H2,1-3H3;1-2H3. The number of hydrogen-bond acceptors (Lipinski definition) is 6. The SMILES string of the molecule is CC.CCOC(=O)C1CCN(c2cnc(C)c(CCCCOC)n2)CC1. The molecular weight excluding hydrogens is 330 g/mol. The van der Waals surface area contributed by atoms with Crippen molar-refractivity contribution in [2.24, 2.45) is 5.92 Å². The maximum absolute atomic E-state index is 11.8. The summed E-state index contributed by atoms with van der Waals surface area (Å²) in [6.07, 6.45) is 6.49. The highest BCUT2D eigenvalue weighted by molar-refractivity contribution is 5.72. The molecule has 1 aromatic heterocycles. The van der Waals surface area contributed by atoms with Gasteiger partial charge in [0.15, 0.2) is 0 Å². The Labute approximate surface area is 158 Å². The minimum Gasteiger partial charge on any atom is -0.466 e. The molecule has 0 bridgehead atoms. The number of nitrogens with zero attached hydrogens (tertiary/aromatic N) is 3. The minimum atomic E-state index is -0.0639. The molecule has 0 atom stereocenters. The number of methoxy groups -OCH3 is 1. The lowest BCUT2D eigenvalue weighted by Gasteiger charge is -2.31. The molecule has 148 valence electrons. The first kappa shape index (κ1) is 22.4. The van der Waals surface area contributed by atoms with E-state index in [-0.39, 0.29) is 11.9 Å². The molecule has 1 saturated heterocycles. The van der Waals surface area contributed by atoms with Crippen molar-refractivity contribution in [3.63, 3.8) is 0 Å². The van der Waals surface area contributed by atoms with Gasteiger partial charge in [0.1, 0.15) is 5.82 Å². The number of esters is 1. The number of carbonyl (C=O) groups is 1. The van der Waals surface area contributed by atoms with Crippen LogP contribution in [0.5, 0.6) is 0 Å². The Morgan fingerprint density at radius 3 is 2.58 bits per heavy atom. The molecule has 2 heterocycles. The third-order valence-electron chi connectivity index (χ3n) is 4.49. The fourth-order valence-electron chi connectivity index (χ4n) is 3.01. The van der Waals surface area contributed by atoms with Crippen molar-refractivity contribution >= 4 is 11.8 Å². The van der Waals surface area contributed by atoms with E-state index in [0.717, 1.165) is 69.0 Å². The number of aromatic nitrogens is 2. The topological polar surface area (TPSA) is 64.5 Å². The van der Waals surface area contributed by atoms with E-state index in [1.54, 1.807) is 7.11 Å². The van der Waals surface area contributed by atoms with Crippen LogP contribution in [0.25, 0.3) is 0 Å². The van der Waals surface area contributed by atoms with Gasteiger partial charge in [0.2, 0.25) is 0 Å². The van der Waals surface area contributed by atoms with E-state index in [0.29, 0.717) is 6.61 Å². The predicted octanol–water partition coefficient (Wildman–Crippen LogP) is 3.56. The van der Waals surface area contributed by atoms with Crippen LogP contribution in [-0.4, -0.2) is 49.4 Å². The smallest absolute Gasteiger partial charge is 0.309 e. The highest BCUT2D eigenvalue weighted by atomic mass is 16.5. The van der Waals surface area contributed by atoms with Gasteiger partial charge in [-0.1, -0.05) is 13.8 Å². The molecule has 26 heavy (non-hydrogen) atoms. The lowest BCUT2D eigenvalue weighted by molar-refractivity contribution is -0.148. The summed E-state index contributed by atoms with van der Waals surface area (Å²) in [7, 11) is 1.73. The summed E-state index contributed by atoms with van der Waals surface area (Å²) in [5, 5.41) is 0. The zero-order valence-electron chi connectivity index (χ0n) is 17.1. The third-order valence-corrected chi connectivity index (χ3v) is 4.49. The number of ether oxygens (including phenoxy) is 2. The van der Waals surface area contributed by atoms with Gasteiger partial charge in [-0.25, -0.2) is 4.98 Å². The van der Waals surface area contributed by atoms with E-state index in [4.69, 9.17) is 14.5 Å². The Bertz CT molecular complexity index is 529. The van der Waals surface area contributed by atoms with Gasteiger partial charge in [0, 0.05) is 26.8 Å². The molecule has 1 aliphatic rings. The van der Waals surface area contributed by atoms with Crippen LogP contribution in [-0.2, 0) is 20.7 Å². The van der Waals surface area contributed by atoms with Gasteiger partial charge in [-0.3, -0.25) is 9.78 Å². The number of anilines is 1. The van der Waals surface area contributed by atoms with Crippen LogP contribution in [0.1, 0.15) is 57.8 Å². The van der Waals surface area contributed by atoms with Crippen molar-refractivity contribution in [3.8, 4) is 0 Å². The zero-order chi connectivity index (χ0) is 19.4. The number of hydrogen-bond donors (Lipinski definition) is 0. The Morgan fingerprint density at radius 2 is 1.96 bits per heavy atom. The van der Waals surface area contributed by atoms with Crippen LogP contribution in [0.2, 0.25) is 0 Å². The number of carbonyl (C=O) groups excluding carboxylic acids is 1. The highest BCUT2D eigenvalue weighted by Crippen LogP contribution is 2.23. The fraction of sp³-hybridized carbons (Fsp3) is 0.750. The van der Waals surface area contributed by atoms with E-state index in [2.05, 4.69) is 9.88 Å². The molecule has 1 fully saturated rings. The van der Waals surface area contributed by atoms with E-state index in [1.807, 2.05) is 33.9 Å². The van der Waals surface area contributed by atoms with Crippen LogP contribution in [0.15, 0.2) is 6.20 Å². The second kappa shape index (κ2) is 12.6. The van der Waals surface area contributed by atoms with Crippen molar-refractivity contribution in [1.29, 1.82) is 0 Å². The van der Waals surface area contributed by atoms with E-state index in [9.17, 15) is 4.79 Å². The van der Waals surface area contributed by atoms with Gasteiger partial charge in [0.25, 0.3) is 0 Å². The monoisotopic (exact) mass is 365 g/mol. The molecule has 0 radical (unpaired) electrons. The first-order valence-corrected chi connectivity index (χ1v) is 9.88. The molecule has 0 spiro atoms. The summed E-state index contributed by atoms with van der Waals surface area (Å²) in [5.74, 6) is 0.878. The van der Waals surface area contributed by atoms with Crippen LogP contribution in [0, 0.1) is 12.8 Å². The lowest BCUT2D eigenvalue weighted by atomic mass is 9.97. The lowest BCUT2D eigenvalue weighted by Crippen LogP contribution is -2.37. The summed E-state index contributed by atoms with van der Waals surface area (Å²) in [6.45, 7) is 10.7. The van der Waals surface area contributed by atoms with Crippen LogP contribution in [0.3, 0.4) is 0 Å². The molecule has 6 heteroatoms. The summed E-state index contributed by atoms with van der Waals surface area (Å²) < 4.78 is 10.2. The number of aryl methyl sites for hydroxylation is 2. The Balaban J connectivity index is 0.00000163. The van der Waals surface area contributed by atoms with Gasteiger partial charge < -0.3 is 14.4 Å². The summed E-state index contributed by atoms with van der Waals surface area (Å²) >= 11 is 0.